The lowest BCUT2D eigenvalue weighted by Gasteiger charge is -2.21. The van der Waals surface area contributed by atoms with Crippen LogP contribution >= 0.6 is 0 Å². The van der Waals surface area contributed by atoms with E-state index in [1.807, 2.05) is 0 Å². The lowest BCUT2D eigenvalue weighted by molar-refractivity contribution is -0.141. The van der Waals surface area contributed by atoms with Gasteiger partial charge in [-0.1, -0.05) is 0 Å². The van der Waals surface area contributed by atoms with E-state index in [2.05, 4.69) is 9.97 Å². The van der Waals surface area contributed by atoms with Gasteiger partial charge >= 0.3 is 5.97 Å². The SMILES string of the molecule is O=C(O)[C@H]1CCCN1C(=O)c1ccc2nccnc2c1. The molecule has 0 unspecified atom stereocenters. The molecule has 1 fully saturated rings. The molecule has 2 aromatic rings. The third-order valence-corrected chi connectivity index (χ3v) is 3.51. The van der Waals surface area contributed by atoms with Gasteiger partial charge in [0.25, 0.3) is 5.91 Å². The van der Waals surface area contributed by atoms with Crippen molar-refractivity contribution in [3.8, 4) is 0 Å². The summed E-state index contributed by atoms with van der Waals surface area (Å²) in [5, 5.41) is 9.13. The highest BCUT2D eigenvalue weighted by molar-refractivity contribution is 5.99. The Hall–Kier alpha value is -2.50. The zero-order chi connectivity index (χ0) is 14.1. The number of hydrogen-bond acceptors (Lipinski definition) is 4. The number of carboxylic acids is 1. The molecule has 1 aromatic carbocycles. The summed E-state index contributed by atoms with van der Waals surface area (Å²) < 4.78 is 0. The third kappa shape index (κ3) is 2.09. The summed E-state index contributed by atoms with van der Waals surface area (Å²) in [7, 11) is 0. The number of carbonyl (C=O) groups excluding carboxylic acids is 1. The Morgan fingerprint density at radius 1 is 1.20 bits per heavy atom. The molecule has 1 amide bonds. The van der Waals surface area contributed by atoms with Gasteiger partial charge in [-0.05, 0) is 31.0 Å². The van der Waals surface area contributed by atoms with Crippen molar-refractivity contribution >= 4 is 22.9 Å². The number of carboxylic acid groups (broad SMARTS) is 1. The van der Waals surface area contributed by atoms with Gasteiger partial charge in [-0.25, -0.2) is 4.79 Å². The van der Waals surface area contributed by atoms with Crippen LogP contribution in [-0.2, 0) is 4.79 Å². The van der Waals surface area contributed by atoms with E-state index in [1.54, 1.807) is 30.6 Å². The largest absolute Gasteiger partial charge is 0.480 e. The van der Waals surface area contributed by atoms with Crippen molar-refractivity contribution in [1.29, 1.82) is 0 Å². The summed E-state index contributed by atoms with van der Waals surface area (Å²) >= 11 is 0. The second-order valence-corrected chi connectivity index (χ2v) is 4.75. The Balaban J connectivity index is 1.94. The van der Waals surface area contributed by atoms with E-state index in [0.717, 1.165) is 6.42 Å². The molecule has 0 radical (unpaired) electrons. The maximum absolute atomic E-state index is 12.4. The molecule has 2 heterocycles. The average Bonchev–Trinajstić information content (AvgIpc) is 2.95. The molecule has 1 atom stereocenters. The maximum atomic E-state index is 12.4. The summed E-state index contributed by atoms with van der Waals surface area (Å²) in [6, 6.07) is 4.32. The lowest BCUT2D eigenvalue weighted by Crippen LogP contribution is -2.40. The van der Waals surface area contributed by atoms with Gasteiger partial charge in [0.2, 0.25) is 0 Å². The highest BCUT2D eigenvalue weighted by Crippen LogP contribution is 2.21. The van der Waals surface area contributed by atoms with Crippen LogP contribution in [0.15, 0.2) is 30.6 Å². The van der Waals surface area contributed by atoms with Gasteiger partial charge in [0, 0.05) is 24.5 Å². The van der Waals surface area contributed by atoms with E-state index in [4.69, 9.17) is 5.11 Å². The first-order valence-electron chi connectivity index (χ1n) is 6.41. The molecule has 1 aliphatic rings. The van der Waals surface area contributed by atoms with Crippen LogP contribution in [0.5, 0.6) is 0 Å². The van der Waals surface area contributed by atoms with Crippen molar-refractivity contribution in [3.05, 3.63) is 36.2 Å². The number of amides is 1. The molecule has 0 aliphatic carbocycles. The summed E-state index contributed by atoms with van der Waals surface area (Å²) in [6.07, 6.45) is 4.38. The minimum absolute atomic E-state index is 0.262. The van der Waals surface area contributed by atoms with Crippen LogP contribution in [0, 0.1) is 0 Å². The van der Waals surface area contributed by atoms with Crippen LogP contribution in [-0.4, -0.2) is 44.4 Å². The first-order chi connectivity index (χ1) is 9.66. The highest BCUT2D eigenvalue weighted by atomic mass is 16.4. The number of fused-ring (bicyclic) bond motifs is 1. The van der Waals surface area contributed by atoms with Gasteiger partial charge < -0.3 is 10.0 Å². The number of carbonyl (C=O) groups is 2. The zero-order valence-corrected chi connectivity index (χ0v) is 10.7. The molecule has 0 spiro atoms. The second kappa shape index (κ2) is 4.88. The number of likely N-dealkylation sites (tertiary alicyclic amines) is 1. The van der Waals surface area contributed by atoms with Crippen LogP contribution in [0.4, 0.5) is 0 Å². The van der Waals surface area contributed by atoms with Gasteiger partial charge in [-0.2, -0.15) is 0 Å². The Bertz CT molecular complexity index is 686. The number of rotatable bonds is 2. The van der Waals surface area contributed by atoms with Gasteiger partial charge in [-0.3, -0.25) is 14.8 Å². The van der Waals surface area contributed by atoms with Gasteiger partial charge in [0.05, 0.1) is 11.0 Å². The molecule has 1 aromatic heterocycles. The molecule has 20 heavy (non-hydrogen) atoms. The van der Waals surface area contributed by atoms with Crippen molar-refractivity contribution in [3.63, 3.8) is 0 Å². The molecule has 0 bridgehead atoms. The summed E-state index contributed by atoms with van der Waals surface area (Å²) in [5.41, 5.74) is 1.79. The molecular formula is C14H13N3O3. The number of aliphatic carboxylic acids is 1. The van der Waals surface area contributed by atoms with E-state index in [1.165, 1.54) is 4.90 Å². The Morgan fingerprint density at radius 3 is 2.70 bits per heavy atom. The molecule has 0 saturated carbocycles. The quantitative estimate of drug-likeness (QED) is 0.890. The van der Waals surface area contributed by atoms with Crippen molar-refractivity contribution in [2.24, 2.45) is 0 Å². The third-order valence-electron chi connectivity index (χ3n) is 3.51. The number of nitrogens with zero attached hydrogens (tertiary/aromatic N) is 3. The zero-order valence-electron chi connectivity index (χ0n) is 10.7. The van der Waals surface area contributed by atoms with Gasteiger partial charge in [0.1, 0.15) is 6.04 Å². The molecule has 102 valence electrons. The van der Waals surface area contributed by atoms with E-state index in [-0.39, 0.29) is 5.91 Å². The van der Waals surface area contributed by atoms with Crippen LogP contribution in [0.25, 0.3) is 11.0 Å². The molecule has 6 nitrogen and oxygen atoms in total. The van der Waals surface area contributed by atoms with E-state index < -0.39 is 12.0 Å². The lowest BCUT2D eigenvalue weighted by atomic mass is 10.1. The van der Waals surface area contributed by atoms with Crippen molar-refractivity contribution in [2.45, 2.75) is 18.9 Å². The molecule has 3 rings (SSSR count). The Morgan fingerprint density at radius 2 is 1.95 bits per heavy atom. The number of hydrogen-bond donors (Lipinski definition) is 1. The van der Waals surface area contributed by atoms with Crippen LogP contribution < -0.4 is 0 Å². The monoisotopic (exact) mass is 271 g/mol. The van der Waals surface area contributed by atoms with Crippen LogP contribution in [0.1, 0.15) is 23.2 Å². The first-order valence-corrected chi connectivity index (χ1v) is 6.41. The van der Waals surface area contributed by atoms with E-state index in [0.29, 0.717) is 29.6 Å². The van der Waals surface area contributed by atoms with Crippen LogP contribution in [0.2, 0.25) is 0 Å². The predicted octanol–water partition coefficient (Wildman–Crippen LogP) is 1.32. The van der Waals surface area contributed by atoms with Crippen LogP contribution in [0.3, 0.4) is 0 Å². The molecule has 1 N–H and O–H groups in total. The molecule has 1 aliphatic heterocycles. The topological polar surface area (TPSA) is 83.4 Å². The molecule has 6 heteroatoms. The fourth-order valence-corrected chi connectivity index (χ4v) is 2.53. The number of aromatic nitrogens is 2. The molecule has 1 saturated heterocycles. The minimum atomic E-state index is -0.948. The fourth-order valence-electron chi connectivity index (χ4n) is 2.53. The number of benzene rings is 1. The normalized spacial score (nSPS) is 18.4. The Labute approximate surface area is 115 Å². The highest BCUT2D eigenvalue weighted by Gasteiger charge is 2.34. The fraction of sp³-hybridized carbons (Fsp3) is 0.286. The molecular weight excluding hydrogens is 258 g/mol. The van der Waals surface area contributed by atoms with E-state index in [9.17, 15) is 9.59 Å². The van der Waals surface area contributed by atoms with Gasteiger partial charge in [0.15, 0.2) is 0 Å². The van der Waals surface area contributed by atoms with E-state index >= 15 is 0 Å². The van der Waals surface area contributed by atoms with Crippen molar-refractivity contribution < 1.29 is 14.7 Å². The first kappa shape index (κ1) is 12.5. The van der Waals surface area contributed by atoms with Crippen molar-refractivity contribution in [1.82, 2.24) is 14.9 Å². The average molecular weight is 271 g/mol. The summed E-state index contributed by atoms with van der Waals surface area (Å²) in [4.78, 5) is 33.3. The minimum Gasteiger partial charge on any atom is -0.480 e. The van der Waals surface area contributed by atoms with Crippen molar-refractivity contribution in [2.75, 3.05) is 6.54 Å². The summed E-state index contributed by atoms with van der Waals surface area (Å²) in [5.74, 6) is -1.21. The predicted molar refractivity (Wildman–Crippen MR) is 71.2 cm³/mol. The Kier molecular flexibility index (Phi) is 3.06. The standard InChI is InChI=1S/C14H13N3O3/c18-13(17-7-1-2-12(17)14(19)20)9-3-4-10-11(8-9)16-6-5-15-10/h3-6,8,12H,1-2,7H2,(H,19,20)/t12-/m1/s1. The van der Waals surface area contributed by atoms with Gasteiger partial charge in [-0.15, -0.1) is 0 Å². The smallest absolute Gasteiger partial charge is 0.326 e. The second-order valence-electron chi connectivity index (χ2n) is 4.75. The summed E-state index contributed by atoms with van der Waals surface area (Å²) in [6.45, 7) is 0.480. The maximum Gasteiger partial charge on any atom is 0.326 e.